The molecule has 0 spiro atoms. The molecule has 1 N–H and O–H groups in total. The Labute approximate surface area is 145 Å². The van der Waals surface area contributed by atoms with E-state index in [0.29, 0.717) is 17.9 Å². The first-order valence-electron chi connectivity index (χ1n) is 8.05. The van der Waals surface area contributed by atoms with Crippen LogP contribution in [0.3, 0.4) is 0 Å². The predicted octanol–water partition coefficient (Wildman–Crippen LogP) is 5.59. The maximum absolute atomic E-state index is 5.63. The number of ether oxygens (including phenoxy) is 1. The zero-order chi connectivity index (χ0) is 16.0. The average Bonchev–Trinajstić information content (AvgIpc) is 3.03. The number of methoxy groups -OCH3 is 1. The molecule has 3 atom stereocenters. The molecule has 2 aliphatic rings. The fourth-order valence-electron chi connectivity index (χ4n) is 4.07. The highest BCUT2D eigenvalue weighted by molar-refractivity contribution is 9.10. The van der Waals surface area contributed by atoms with E-state index in [9.17, 15) is 0 Å². The molecule has 0 fully saturated rings. The second-order valence-electron chi connectivity index (χ2n) is 6.40. The number of hydrogen-bond acceptors (Lipinski definition) is 2. The first kappa shape index (κ1) is 14.8. The van der Waals surface area contributed by atoms with Crippen LogP contribution in [0.25, 0.3) is 0 Å². The van der Waals surface area contributed by atoms with E-state index in [1.54, 1.807) is 7.11 Å². The van der Waals surface area contributed by atoms with E-state index >= 15 is 0 Å². The number of benzene rings is 2. The van der Waals surface area contributed by atoms with Gasteiger partial charge in [0.15, 0.2) is 0 Å². The second kappa shape index (κ2) is 5.72. The summed E-state index contributed by atoms with van der Waals surface area (Å²) in [5.74, 6) is 1.96. The molecule has 2 aromatic carbocycles. The largest absolute Gasteiger partial charge is 0.495 e. The number of anilines is 1. The number of allylic oxidation sites excluding steroid dienone is 2. The molecule has 23 heavy (non-hydrogen) atoms. The van der Waals surface area contributed by atoms with Gasteiger partial charge in [-0.15, -0.1) is 0 Å². The lowest BCUT2D eigenvalue weighted by atomic mass is 9.75. The number of halogens is 1. The highest BCUT2D eigenvalue weighted by atomic mass is 79.9. The lowest BCUT2D eigenvalue weighted by molar-refractivity contribution is 0.396. The summed E-state index contributed by atoms with van der Waals surface area (Å²) in [4.78, 5) is 0. The van der Waals surface area contributed by atoms with Gasteiger partial charge in [-0.3, -0.25) is 0 Å². The summed E-state index contributed by atoms with van der Waals surface area (Å²) < 4.78 is 6.75. The van der Waals surface area contributed by atoms with Crippen molar-refractivity contribution in [3.8, 4) is 5.75 Å². The topological polar surface area (TPSA) is 21.3 Å². The van der Waals surface area contributed by atoms with Crippen LogP contribution in [0.2, 0.25) is 0 Å². The van der Waals surface area contributed by atoms with Gasteiger partial charge >= 0.3 is 0 Å². The summed E-state index contributed by atoms with van der Waals surface area (Å²) in [5.41, 5.74) is 5.22. The summed E-state index contributed by atoms with van der Waals surface area (Å²) in [6.07, 6.45) is 5.82. The first-order valence-corrected chi connectivity index (χ1v) is 8.84. The van der Waals surface area contributed by atoms with Crippen LogP contribution in [0.5, 0.6) is 5.75 Å². The van der Waals surface area contributed by atoms with Gasteiger partial charge in [0.25, 0.3) is 0 Å². The molecule has 118 valence electrons. The van der Waals surface area contributed by atoms with Crippen LogP contribution in [0.15, 0.2) is 53.0 Å². The third kappa shape index (κ3) is 2.38. The Morgan fingerprint density at radius 3 is 2.87 bits per heavy atom. The van der Waals surface area contributed by atoms with Gasteiger partial charge in [0.1, 0.15) is 5.75 Å². The minimum atomic E-state index is 0.302. The standard InChI is InChI=1S/C20H20BrNO/c1-12-9-10-17(23-2)20-18(12)15-7-4-8-16(15)19(22-20)13-5-3-6-14(21)11-13/h3-7,9-11,15-16,19,22H,8H2,1-2H3/t15-,16+,19+/m0/s1. The van der Waals surface area contributed by atoms with Gasteiger partial charge in [-0.05, 0) is 54.2 Å². The molecule has 0 amide bonds. The third-order valence-corrected chi connectivity index (χ3v) is 5.62. The van der Waals surface area contributed by atoms with Crippen LogP contribution in [0, 0.1) is 12.8 Å². The summed E-state index contributed by atoms with van der Waals surface area (Å²) in [6, 6.07) is 13.2. The van der Waals surface area contributed by atoms with Crippen molar-refractivity contribution in [2.75, 3.05) is 12.4 Å². The molecule has 0 saturated heterocycles. The maximum atomic E-state index is 5.63. The minimum absolute atomic E-state index is 0.302. The quantitative estimate of drug-likeness (QED) is 0.696. The fraction of sp³-hybridized carbons (Fsp3) is 0.300. The number of fused-ring (bicyclic) bond motifs is 3. The third-order valence-electron chi connectivity index (χ3n) is 5.13. The molecule has 1 aliphatic carbocycles. The van der Waals surface area contributed by atoms with Crippen molar-refractivity contribution in [2.24, 2.45) is 5.92 Å². The Hall–Kier alpha value is -1.74. The summed E-state index contributed by atoms with van der Waals surface area (Å²) in [6.45, 7) is 2.20. The smallest absolute Gasteiger partial charge is 0.142 e. The summed E-state index contributed by atoms with van der Waals surface area (Å²) in [7, 11) is 1.75. The molecule has 0 saturated carbocycles. The minimum Gasteiger partial charge on any atom is -0.495 e. The molecule has 0 radical (unpaired) electrons. The summed E-state index contributed by atoms with van der Waals surface area (Å²) >= 11 is 3.60. The molecule has 1 heterocycles. The average molecular weight is 370 g/mol. The second-order valence-corrected chi connectivity index (χ2v) is 7.32. The van der Waals surface area contributed by atoms with Crippen molar-refractivity contribution in [3.05, 3.63) is 69.7 Å². The number of hydrogen-bond donors (Lipinski definition) is 1. The highest BCUT2D eigenvalue weighted by Crippen LogP contribution is 2.53. The van der Waals surface area contributed by atoms with Crippen molar-refractivity contribution < 1.29 is 4.74 Å². The molecule has 4 rings (SSSR count). The van der Waals surface area contributed by atoms with Gasteiger partial charge in [0, 0.05) is 10.4 Å². The number of aryl methyl sites for hydroxylation is 1. The molecular weight excluding hydrogens is 350 g/mol. The monoisotopic (exact) mass is 369 g/mol. The van der Waals surface area contributed by atoms with E-state index in [-0.39, 0.29) is 0 Å². The van der Waals surface area contributed by atoms with E-state index in [1.165, 1.54) is 16.7 Å². The molecule has 2 aromatic rings. The number of rotatable bonds is 2. The molecule has 2 nitrogen and oxygen atoms in total. The highest BCUT2D eigenvalue weighted by Gasteiger charge is 2.39. The van der Waals surface area contributed by atoms with Gasteiger partial charge in [-0.1, -0.05) is 46.3 Å². The Kier molecular flexibility index (Phi) is 3.68. The van der Waals surface area contributed by atoms with Crippen molar-refractivity contribution in [1.29, 1.82) is 0 Å². The zero-order valence-corrected chi connectivity index (χ0v) is 14.9. The van der Waals surface area contributed by atoms with Gasteiger partial charge in [0.05, 0.1) is 18.8 Å². The van der Waals surface area contributed by atoms with E-state index < -0.39 is 0 Å². The van der Waals surface area contributed by atoms with E-state index in [0.717, 1.165) is 22.3 Å². The van der Waals surface area contributed by atoms with Crippen LogP contribution >= 0.6 is 15.9 Å². The molecule has 3 heteroatoms. The van der Waals surface area contributed by atoms with Crippen molar-refractivity contribution in [3.63, 3.8) is 0 Å². The number of nitrogens with one attached hydrogen (secondary N) is 1. The Morgan fingerprint density at radius 2 is 2.09 bits per heavy atom. The Balaban J connectivity index is 1.86. The predicted molar refractivity (Wildman–Crippen MR) is 98.2 cm³/mol. The first-order chi connectivity index (χ1) is 11.2. The molecule has 0 unspecified atom stereocenters. The van der Waals surface area contributed by atoms with Gasteiger partial charge < -0.3 is 10.1 Å². The summed E-state index contributed by atoms with van der Waals surface area (Å²) in [5, 5.41) is 3.79. The molecular formula is C20H20BrNO. The van der Waals surface area contributed by atoms with Gasteiger partial charge in [0.2, 0.25) is 0 Å². The van der Waals surface area contributed by atoms with Crippen LogP contribution in [-0.2, 0) is 0 Å². The fourth-order valence-corrected chi connectivity index (χ4v) is 4.49. The van der Waals surface area contributed by atoms with Crippen molar-refractivity contribution in [2.45, 2.75) is 25.3 Å². The lowest BCUT2D eigenvalue weighted by Gasteiger charge is -2.39. The molecule has 0 bridgehead atoms. The lowest BCUT2D eigenvalue weighted by Crippen LogP contribution is -2.30. The van der Waals surface area contributed by atoms with E-state index in [1.807, 2.05) is 0 Å². The van der Waals surface area contributed by atoms with Gasteiger partial charge in [-0.2, -0.15) is 0 Å². The van der Waals surface area contributed by atoms with Crippen LogP contribution in [-0.4, -0.2) is 7.11 Å². The van der Waals surface area contributed by atoms with Crippen molar-refractivity contribution >= 4 is 21.6 Å². The Morgan fingerprint density at radius 1 is 1.22 bits per heavy atom. The maximum Gasteiger partial charge on any atom is 0.142 e. The van der Waals surface area contributed by atoms with Crippen LogP contribution in [0.1, 0.15) is 35.1 Å². The van der Waals surface area contributed by atoms with Crippen LogP contribution in [0.4, 0.5) is 5.69 Å². The van der Waals surface area contributed by atoms with E-state index in [4.69, 9.17) is 4.74 Å². The zero-order valence-electron chi connectivity index (χ0n) is 13.3. The Bertz CT molecular complexity index is 783. The normalized spacial score (nSPS) is 24.7. The molecule has 0 aromatic heterocycles. The SMILES string of the molecule is COc1ccc(C)c2c1N[C@H](c1cccc(Br)c1)[C@@H]1CC=C[C@H]21. The van der Waals surface area contributed by atoms with Crippen LogP contribution < -0.4 is 10.1 Å². The van der Waals surface area contributed by atoms with Gasteiger partial charge in [-0.25, -0.2) is 0 Å². The van der Waals surface area contributed by atoms with Crippen molar-refractivity contribution in [1.82, 2.24) is 0 Å². The van der Waals surface area contributed by atoms with E-state index in [2.05, 4.69) is 76.7 Å². The molecule has 1 aliphatic heterocycles.